The SMILES string of the molecule is CNC(=O)CCCOCC[N-]C(=O)CC(=O)[N-]c1ccc(CC(=O)CC(C)=O)cc1.[Rb+].[Rb+]. The van der Waals surface area contributed by atoms with Crippen LogP contribution in [0.3, 0.4) is 0 Å². The number of hydrogen-bond donors (Lipinski definition) is 1. The molecule has 11 heteroatoms. The van der Waals surface area contributed by atoms with E-state index in [1.807, 2.05) is 0 Å². The van der Waals surface area contributed by atoms with Gasteiger partial charge in [0.25, 0.3) is 0 Å². The molecule has 1 rings (SSSR count). The van der Waals surface area contributed by atoms with Gasteiger partial charge in [0, 0.05) is 39.5 Å². The quantitative estimate of drug-likeness (QED) is 0.175. The smallest absolute Gasteiger partial charge is 0.651 e. The Morgan fingerprint density at radius 3 is 2.19 bits per heavy atom. The fourth-order valence-electron chi connectivity index (χ4n) is 2.42. The number of nitrogens with zero attached hydrogens (tertiary/aromatic N) is 2. The van der Waals surface area contributed by atoms with E-state index in [2.05, 4.69) is 16.0 Å². The fourth-order valence-corrected chi connectivity index (χ4v) is 2.42. The summed E-state index contributed by atoms with van der Waals surface area (Å²) in [4.78, 5) is 57.2. The van der Waals surface area contributed by atoms with Gasteiger partial charge in [-0.3, -0.25) is 14.4 Å². The predicted octanol–water partition coefficient (Wildman–Crippen LogP) is -3.85. The molecule has 164 valence electrons. The van der Waals surface area contributed by atoms with Crippen LogP contribution in [0.5, 0.6) is 0 Å². The zero-order chi connectivity index (χ0) is 22.4. The average Bonchev–Trinajstić information content (AvgIpc) is 2.67. The van der Waals surface area contributed by atoms with Crippen molar-refractivity contribution < 1.29 is 145 Å². The van der Waals surface area contributed by atoms with E-state index >= 15 is 0 Å². The number of carbonyl (C=O) groups is 5. The first-order valence-electron chi connectivity index (χ1n) is 9.63. The van der Waals surface area contributed by atoms with E-state index in [1.165, 1.54) is 6.92 Å². The second kappa shape index (κ2) is 20.9. The predicted molar refractivity (Wildman–Crippen MR) is 110 cm³/mol. The van der Waals surface area contributed by atoms with Crippen molar-refractivity contribution >= 4 is 35.0 Å². The van der Waals surface area contributed by atoms with Gasteiger partial charge in [-0.1, -0.05) is 24.3 Å². The van der Waals surface area contributed by atoms with Crippen molar-refractivity contribution in [1.29, 1.82) is 0 Å². The van der Waals surface area contributed by atoms with Gasteiger partial charge < -0.3 is 30.3 Å². The van der Waals surface area contributed by atoms with Crippen LogP contribution in [-0.4, -0.2) is 56.1 Å². The number of Topliss-reactive ketones (excluding diaryl/α,β-unsaturated/α-hetero) is 2. The van der Waals surface area contributed by atoms with Crippen molar-refractivity contribution in [2.24, 2.45) is 0 Å². The Hall–Kier alpha value is 0.540. The number of hydrogen-bond acceptors (Lipinski definition) is 6. The Balaban J connectivity index is 0. The van der Waals surface area contributed by atoms with Gasteiger partial charge in [-0.2, -0.15) is 0 Å². The zero-order valence-corrected chi connectivity index (χ0v) is 29.1. The van der Waals surface area contributed by atoms with Crippen LogP contribution >= 0.6 is 0 Å². The molecule has 0 aromatic heterocycles. The van der Waals surface area contributed by atoms with Crippen LogP contribution in [-0.2, 0) is 35.1 Å². The Labute approximate surface area is 286 Å². The van der Waals surface area contributed by atoms with E-state index in [0.29, 0.717) is 30.7 Å². The molecule has 0 unspecified atom stereocenters. The molecule has 0 bridgehead atoms. The third kappa shape index (κ3) is 17.9. The third-order valence-corrected chi connectivity index (χ3v) is 3.84. The molecular formula is C21H27N3O6Rb2. The maximum Gasteiger partial charge on any atom is 1.00 e. The maximum absolute atomic E-state index is 11.9. The summed E-state index contributed by atoms with van der Waals surface area (Å²) in [5.41, 5.74) is 1.09. The zero-order valence-electron chi connectivity index (χ0n) is 19.3. The summed E-state index contributed by atoms with van der Waals surface area (Å²) in [5.74, 6) is -1.61. The molecule has 0 saturated heterocycles. The normalized spacial score (nSPS) is 9.56. The molecule has 1 aromatic carbocycles. The number of rotatable bonds is 14. The van der Waals surface area contributed by atoms with Gasteiger partial charge in [-0.05, 0) is 18.9 Å². The Morgan fingerprint density at radius 1 is 0.938 bits per heavy atom. The largest absolute Gasteiger partial charge is 1.00 e. The molecule has 0 atom stereocenters. The number of amides is 3. The molecule has 0 aliphatic carbocycles. The first-order chi connectivity index (χ1) is 14.3. The number of ether oxygens (including phenoxy) is 1. The maximum atomic E-state index is 11.9. The van der Waals surface area contributed by atoms with Gasteiger partial charge in [0.15, 0.2) is 0 Å². The number of benzene rings is 1. The second-order valence-electron chi connectivity index (χ2n) is 6.61. The molecule has 0 radical (unpaired) electrons. The van der Waals surface area contributed by atoms with Crippen LogP contribution in [0.4, 0.5) is 5.69 Å². The summed E-state index contributed by atoms with van der Waals surface area (Å²) in [6.07, 6.45) is 0.554. The molecule has 9 nitrogen and oxygen atoms in total. The Morgan fingerprint density at radius 2 is 1.59 bits per heavy atom. The molecule has 32 heavy (non-hydrogen) atoms. The first-order valence-corrected chi connectivity index (χ1v) is 9.63. The van der Waals surface area contributed by atoms with Crippen molar-refractivity contribution in [3.8, 4) is 0 Å². The van der Waals surface area contributed by atoms with Gasteiger partial charge in [-0.15, -0.1) is 12.2 Å². The molecule has 0 aliphatic rings. The minimum Gasteiger partial charge on any atom is -0.651 e. The van der Waals surface area contributed by atoms with Gasteiger partial charge in [0.1, 0.15) is 11.6 Å². The summed E-state index contributed by atoms with van der Waals surface area (Å²) in [7, 11) is 1.57. The van der Waals surface area contributed by atoms with Gasteiger partial charge in [0.05, 0.1) is 18.2 Å². The fraction of sp³-hybridized carbons (Fsp3) is 0.476. The third-order valence-electron chi connectivity index (χ3n) is 3.84. The topological polar surface area (TPSA) is 135 Å². The van der Waals surface area contributed by atoms with Crippen LogP contribution in [0.25, 0.3) is 10.6 Å². The van der Waals surface area contributed by atoms with Gasteiger partial charge in [-0.25, -0.2) is 0 Å². The number of carbonyl (C=O) groups excluding carboxylic acids is 5. The van der Waals surface area contributed by atoms with Crippen LogP contribution < -0.4 is 122 Å². The second-order valence-corrected chi connectivity index (χ2v) is 6.61. The minimum atomic E-state index is -0.615. The van der Waals surface area contributed by atoms with Gasteiger partial charge in [0.2, 0.25) is 5.91 Å². The van der Waals surface area contributed by atoms with Crippen LogP contribution in [0.15, 0.2) is 24.3 Å². The number of nitrogens with one attached hydrogen (secondary N) is 1. The van der Waals surface area contributed by atoms with E-state index in [4.69, 9.17) is 4.74 Å². The summed E-state index contributed by atoms with van der Waals surface area (Å²) < 4.78 is 5.26. The molecule has 0 fully saturated rings. The van der Waals surface area contributed by atoms with Gasteiger partial charge >= 0.3 is 116 Å². The molecule has 0 spiro atoms. The number of ketones is 2. The van der Waals surface area contributed by atoms with Crippen molar-refractivity contribution in [3.63, 3.8) is 0 Å². The van der Waals surface area contributed by atoms with E-state index in [-0.39, 0.29) is 160 Å². The van der Waals surface area contributed by atoms with E-state index < -0.39 is 18.2 Å². The average molecular weight is 588 g/mol. The molecule has 0 heterocycles. The summed E-state index contributed by atoms with van der Waals surface area (Å²) in [5, 5.41) is 10.1. The van der Waals surface area contributed by atoms with Crippen molar-refractivity contribution in [2.45, 2.75) is 39.0 Å². The van der Waals surface area contributed by atoms with Crippen molar-refractivity contribution in [3.05, 3.63) is 40.5 Å². The van der Waals surface area contributed by atoms with Crippen LogP contribution in [0.1, 0.15) is 38.2 Å². The molecule has 1 N–H and O–H groups in total. The Bertz CT molecular complexity index is 756. The first kappa shape index (κ1) is 34.7. The Kier molecular flexibility index (Phi) is 22.6. The van der Waals surface area contributed by atoms with Crippen molar-refractivity contribution in [2.75, 3.05) is 26.8 Å². The minimum absolute atomic E-state index is 0. The molecule has 0 saturated carbocycles. The monoisotopic (exact) mass is 587 g/mol. The summed E-state index contributed by atoms with van der Waals surface area (Å²) in [6, 6.07) is 6.45. The van der Waals surface area contributed by atoms with Crippen molar-refractivity contribution in [1.82, 2.24) is 5.32 Å². The van der Waals surface area contributed by atoms with Crippen LogP contribution in [0.2, 0.25) is 0 Å². The molecule has 1 aromatic rings. The van der Waals surface area contributed by atoms with E-state index in [9.17, 15) is 24.0 Å². The summed E-state index contributed by atoms with van der Waals surface area (Å²) in [6.45, 7) is 2.12. The molecule has 0 aliphatic heterocycles. The molecular weight excluding hydrogens is 561 g/mol. The standard InChI is InChI=1S/C21H29N3O6.2Rb/c1-15(25)12-18(26)13-16-5-7-17(8-6-16)24-21(29)14-20(28)23-9-11-30-10-3-4-19(27)22-2;;/h5-8H,3-4,9-14H2,1-2H3,(H3,22,23,24,27,28,29);;/q;2*+1/p-2. The van der Waals surface area contributed by atoms with E-state index in [1.54, 1.807) is 31.3 Å². The summed E-state index contributed by atoms with van der Waals surface area (Å²) >= 11 is 0. The molecule has 3 amide bonds. The van der Waals surface area contributed by atoms with E-state index in [0.717, 1.165) is 0 Å². The van der Waals surface area contributed by atoms with Crippen LogP contribution in [0, 0.1) is 0 Å².